The van der Waals surface area contributed by atoms with Crippen LogP contribution in [0.2, 0.25) is 0 Å². The molecular weight excluding hydrogens is 248 g/mol. The van der Waals surface area contributed by atoms with Crippen molar-refractivity contribution in [2.75, 3.05) is 12.8 Å². The first-order valence-electron chi connectivity index (χ1n) is 5.88. The van der Waals surface area contributed by atoms with E-state index >= 15 is 0 Å². The van der Waals surface area contributed by atoms with E-state index in [1.54, 1.807) is 6.20 Å². The maximum Gasteiger partial charge on any atom is 0.189 e. The van der Waals surface area contributed by atoms with Crippen LogP contribution in [0.3, 0.4) is 0 Å². The predicted octanol–water partition coefficient (Wildman–Crippen LogP) is 1.16. The molecule has 0 amide bonds. The first-order valence-corrected chi connectivity index (χ1v) is 7.11. The van der Waals surface area contributed by atoms with E-state index in [2.05, 4.69) is 21.7 Å². The van der Waals surface area contributed by atoms with Gasteiger partial charge in [0.05, 0.1) is 0 Å². The Bertz CT molecular complexity index is 445. The summed E-state index contributed by atoms with van der Waals surface area (Å²) in [6, 6.07) is 3.79. The molecule has 98 valence electrons. The van der Waals surface area contributed by atoms with E-state index in [-0.39, 0.29) is 5.84 Å². The molecular formula is C12H18N4OS. The highest BCUT2D eigenvalue weighted by atomic mass is 32.2. The summed E-state index contributed by atoms with van der Waals surface area (Å²) in [5.41, 5.74) is 7.09. The normalized spacial score (nSPS) is 17.7. The Morgan fingerprint density at radius 2 is 2.44 bits per heavy atom. The lowest BCUT2D eigenvalue weighted by Gasteiger charge is -2.14. The van der Waals surface area contributed by atoms with Gasteiger partial charge in [-0.2, -0.15) is 11.8 Å². The van der Waals surface area contributed by atoms with Crippen LogP contribution in [0.1, 0.15) is 24.1 Å². The molecule has 0 spiro atoms. The fourth-order valence-electron chi connectivity index (χ4n) is 1.88. The van der Waals surface area contributed by atoms with Crippen molar-refractivity contribution < 1.29 is 5.21 Å². The predicted molar refractivity (Wildman–Crippen MR) is 73.9 cm³/mol. The van der Waals surface area contributed by atoms with Gasteiger partial charge in [0.2, 0.25) is 0 Å². The van der Waals surface area contributed by atoms with Crippen molar-refractivity contribution in [1.82, 2.24) is 10.3 Å². The quantitative estimate of drug-likeness (QED) is 0.311. The average molecular weight is 266 g/mol. The van der Waals surface area contributed by atoms with Crippen LogP contribution in [0, 0.1) is 0 Å². The van der Waals surface area contributed by atoms with Gasteiger partial charge in [-0.05, 0) is 30.7 Å². The van der Waals surface area contributed by atoms with Crippen LogP contribution in [-0.2, 0) is 6.54 Å². The van der Waals surface area contributed by atoms with Crippen LogP contribution < -0.4 is 11.1 Å². The third-order valence-electron chi connectivity index (χ3n) is 3.24. The van der Waals surface area contributed by atoms with Crippen LogP contribution in [-0.4, -0.2) is 33.6 Å². The van der Waals surface area contributed by atoms with E-state index in [1.807, 2.05) is 23.9 Å². The van der Waals surface area contributed by atoms with Crippen LogP contribution in [0.25, 0.3) is 0 Å². The molecule has 0 aromatic carbocycles. The fourth-order valence-corrected chi connectivity index (χ4v) is 2.63. The first-order chi connectivity index (χ1) is 8.71. The number of thioether (sulfide) groups is 1. The molecule has 0 atom stereocenters. The molecule has 1 aromatic heterocycles. The minimum atomic E-state index is 0.0541. The summed E-state index contributed by atoms with van der Waals surface area (Å²) in [6.07, 6.45) is 6.35. The van der Waals surface area contributed by atoms with Crippen molar-refractivity contribution in [3.05, 3.63) is 29.6 Å². The van der Waals surface area contributed by atoms with Gasteiger partial charge in [-0.3, -0.25) is 4.98 Å². The molecule has 1 aliphatic rings. The molecule has 0 unspecified atom stereocenters. The van der Waals surface area contributed by atoms with E-state index in [9.17, 15) is 0 Å². The van der Waals surface area contributed by atoms with E-state index < -0.39 is 0 Å². The lowest BCUT2D eigenvalue weighted by atomic mass is 10.2. The fraction of sp³-hybridized carbons (Fsp3) is 0.500. The van der Waals surface area contributed by atoms with E-state index in [1.165, 1.54) is 12.8 Å². The minimum Gasteiger partial charge on any atom is -0.409 e. The average Bonchev–Trinajstić information content (AvgIpc) is 3.19. The first kappa shape index (κ1) is 13.2. The highest BCUT2D eigenvalue weighted by Crippen LogP contribution is 2.46. The van der Waals surface area contributed by atoms with Crippen molar-refractivity contribution in [3.63, 3.8) is 0 Å². The summed E-state index contributed by atoms with van der Waals surface area (Å²) in [7, 11) is 0. The molecule has 0 radical (unpaired) electrons. The Labute approximate surface area is 111 Å². The number of hydrogen-bond donors (Lipinski definition) is 3. The summed E-state index contributed by atoms with van der Waals surface area (Å²) in [6.45, 7) is 1.67. The molecule has 4 N–H and O–H groups in total. The van der Waals surface area contributed by atoms with E-state index in [0.29, 0.717) is 17.0 Å². The monoisotopic (exact) mass is 266 g/mol. The maximum atomic E-state index is 8.71. The highest BCUT2D eigenvalue weighted by molar-refractivity contribution is 8.00. The van der Waals surface area contributed by atoms with Crippen LogP contribution in [0.4, 0.5) is 0 Å². The lowest BCUT2D eigenvalue weighted by molar-refractivity contribution is 0.318. The molecule has 1 aliphatic carbocycles. The second-order valence-corrected chi connectivity index (χ2v) is 5.76. The van der Waals surface area contributed by atoms with E-state index in [4.69, 9.17) is 10.9 Å². The largest absolute Gasteiger partial charge is 0.409 e. The number of hydrogen-bond acceptors (Lipinski definition) is 5. The topological polar surface area (TPSA) is 83.5 Å². The smallest absolute Gasteiger partial charge is 0.189 e. The number of nitrogens with two attached hydrogens (primary N) is 1. The third kappa shape index (κ3) is 2.94. The summed E-state index contributed by atoms with van der Waals surface area (Å²) < 4.78 is 0.430. The molecule has 1 fully saturated rings. The minimum absolute atomic E-state index is 0.0541. The number of rotatable bonds is 6. The van der Waals surface area contributed by atoms with Gasteiger partial charge < -0.3 is 16.3 Å². The van der Waals surface area contributed by atoms with Crippen molar-refractivity contribution in [3.8, 4) is 0 Å². The third-order valence-corrected chi connectivity index (χ3v) is 4.66. The van der Waals surface area contributed by atoms with Gasteiger partial charge in [0.1, 0.15) is 5.69 Å². The van der Waals surface area contributed by atoms with Crippen molar-refractivity contribution >= 4 is 17.6 Å². The molecule has 1 saturated carbocycles. The summed E-state index contributed by atoms with van der Waals surface area (Å²) in [5.74, 6) is 0.0541. The molecule has 0 aliphatic heterocycles. The molecule has 2 rings (SSSR count). The Kier molecular flexibility index (Phi) is 4.08. The van der Waals surface area contributed by atoms with E-state index in [0.717, 1.165) is 12.1 Å². The Morgan fingerprint density at radius 3 is 3.06 bits per heavy atom. The number of aromatic nitrogens is 1. The number of pyridine rings is 1. The number of amidine groups is 1. The molecule has 18 heavy (non-hydrogen) atoms. The Balaban J connectivity index is 1.97. The van der Waals surface area contributed by atoms with Gasteiger partial charge in [0.25, 0.3) is 0 Å². The van der Waals surface area contributed by atoms with Gasteiger partial charge in [-0.25, -0.2) is 0 Å². The number of nitrogens with one attached hydrogen (secondary N) is 1. The highest BCUT2D eigenvalue weighted by Gasteiger charge is 2.41. The summed E-state index contributed by atoms with van der Waals surface area (Å²) >= 11 is 1.92. The van der Waals surface area contributed by atoms with Crippen LogP contribution in [0.15, 0.2) is 23.5 Å². The zero-order chi connectivity index (χ0) is 13.0. The van der Waals surface area contributed by atoms with Gasteiger partial charge in [0, 0.05) is 24.0 Å². The Morgan fingerprint density at radius 1 is 1.67 bits per heavy atom. The zero-order valence-corrected chi connectivity index (χ0v) is 11.2. The van der Waals surface area contributed by atoms with Crippen LogP contribution in [0.5, 0.6) is 0 Å². The lowest BCUT2D eigenvalue weighted by Crippen LogP contribution is -2.27. The van der Waals surface area contributed by atoms with Crippen molar-refractivity contribution in [1.29, 1.82) is 0 Å². The summed E-state index contributed by atoms with van der Waals surface area (Å²) in [5, 5.41) is 15.1. The second-order valence-electron chi connectivity index (χ2n) is 4.49. The summed E-state index contributed by atoms with van der Waals surface area (Å²) in [4.78, 5) is 4.14. The Hall–Kier alpha value is -1.27. The standard InChI is InChI=1S/C12H18N4OS/c1-18-12(4-5-12)8-14-7-9-3-2-6-15-10(9)11(13)16-17/h2-3,6,14,17H,4-5,7-8H2,1H3,(H2,13,16). The molecule has 1 aromatic rings. The van der Waals surface area contributed by atoms with Crippen molar-refractivity contribution in [2.24, 2.45) is 10.9 Å². The molecule has 0 saturated heterocycles. The van der Waals surface area contributed by atoms with Crippen LogP contribution >= 0.6 is 11.8 Å². The SMILES string of the molecule is CSC1(CNCc2cccnc2/C(N)=N/O)CC1. The second kappa shape index (κ2) is 5.58. The van der Waals surface area contributed by atoms with Gasteiger partial charge in [0.15, 0.2) is 5.84 Å². The molecule has 6 heteroatoms. The van der Waals surface area contributed by atoms with Crippen molar-refractivity contribution in [2.45, 2.75) is 24.1 Å². The number of oxime groups is 1. The molecule has 1 heterocycles. The number of nitrogens with zero attached hydrogens (tertiary/aromatic N) is 2. The zero-order valence-electron chi connectivity index (χ0n) is 10.4. The maximum absolute atomic E-state index is 8.71. The molecule has 0 bridgehead atoms. The van der Waals surface area contributed by atoms with Gasteiger partial charge in [-0.1, -0.05) is 11.2 Å². The molecule has 5 nitrogen and oxygen atoms in total. The van der Waals surface area contributed by atoms with Gasteiger partial charge >= 0.3 is 0 Å². The van der Waals surface area contributed by atoms with Gasteiger partial charge in [-0.15, -0.1) is 0 Å².